The van der Waals surface area contributed by atoms with E-state index in [1.54, 1.807) is 11.3 Å². The predicted molar refractivity (Wildman–Crippen MR) is 104 cm³/mol. The van der Waals surface area contributed by atoms with Crippen molar-refractivity contribution in [3.8, 4) is 0 Å². The van der Waals surface area contributed by atoms with Gasteiger partial charge in [0.2, 0.25) is 11.8 Å². The lowest BCUT2D eigenvalue weighted by Crippen LogP contribution is -2.31. The highest BCUT2D eigenvalue weighted by molar-refractivity contribution is 7.09. The van der Waals surface area contributed by atoms with E-state index in [0.29, 0.717) is 13.1 Å². The minimum absolute atomic E-state index is 0.0119. The lowest BCUT2D eigenvalue weighted by atomic mass is 9.90. The Bertz CT molecular complexity index is 760. The molecule has 5 nitrogen and oxygen atoms in total. The van der Waals surface area contributed by atoms with Gasteiger partial charge in [-0.25, -0.2) is 4.98 Å². The molecule has 7 heteroatoms. The molecule has 3 rings (SSSR count). The number of hydrogen-bond acceptors (Lipinski definition) is 4. The maximum Gasteiger partial charge on any atom is 0.234 e. The zero-order valence-corrected chi connectivity index (χ0v) is 16.0. The highest BCUT2D eigenvalue weighted by Crippen LogP contribution is 2.32. The largest absolute Gasteiger partial charge is 0.355 e. The lowest BCUT2D eigenvalue weighted by molar-refractivity contribution is -0.123. The summed E-state index contributed by atoms with van der Waals surface area (Å²) in [4.78, 5) is 29.3. The van der Waals surface area contributed by atoms with E-state index in [2.05, 4.69) is 15.6 Å². The topological polar surface area (TPSA) is 71.1 Å². The summed E-state index contributed by atoms with van der Waals surface area (Å²) in [5, 5.41) is 5.78. The maximum atomic E-state index is 12.5. The van der Waals surface area contributed by atoms with Crippen LogP contribution in [0, 0.1) is 0 Å². The Morgan fingerprint density at radius 3 is 2.73 bits per heavy atom. The van der Waals surface area contributed by atoms with Crippen LogP contribution in [-0.4, -0.2) is 29.2 Å². The molecule has 1 unspecified atom stereocenters. The first-order chi connectivity index (χ1) is 12.7. The Balaban J connectivity index is 1.48. The van der Waals surface area contributed by atoms with Crippen molar-refractivity contribution in [1.82, 2.24) is 15.6 Å². The van der Waals surface area contributed by atoms with Crippen LogP contribution in [0.5, 0.6) is 0 Å². The van der Waals surface area contributed by atoms with Crippen LogP contribution in [0.2, 0.25) is 0 Å². The monoisotopic (exact) mass is 391 g/mol. The number of carbonyl (C=O) groups is 2. The van der Waals surface area contributed by atoms with Gasteiger partial charge >= 0.3 is 0 Å². The van der Waals surface area contributed by atoms with E-state index in [1.807, 2.05) is 29.8 Å². The minimum Gasteiger partial charge on any atom is -0.355 e. The molecule has 0 aliphatic heterocycles. The second kappa shape index (κ2) is 9.14. The number of hydrogen-bond donors (Lipinski definition) is 2. The minimum atomic E-state index is -0.156. The van der Waals surface area contributed by atoms with Gasteiger partial charge in [0, 0.05) is 18.0 Å². The first-order valence-corrected chi connectivity index (χ1v) is 10.2. The first kappa shape index (κ1) is 18.9. The average Bonchev–Trinajstić information content (AvgIpc) is 3.15. The smallest absolute Gasteiger partial charge is 0.234 e. The van der Waals surface area contributed by atoms with E-state index >= 15 is 0 Å². The number of thiazole rings is 1. The molecule has 0 fully saturated rings. The molecule has 2 amide bonds. The molecule has 1 aliphatic rings. The Kier molecular flexibility index (Phi) is 6.63. The van der Waals surface area contributed by atoms with Gasteiger partial charge in [-0.15, -0.1) is 22.9 Å². The number of nitrogens with zero attached hydrogens (tertiary/aromatic N) is 1. The lowest BCUT2D eigenvalue weighted by Gasteiger charge is -2.20. The van der Waals surface area contributed by atoms with Crippen LogP contribution >= 0.6 is 22.9 Å². The van der Waals surface area contributed by atoms with Crippen LogP contribution in [0.25, 0.3) is 0 Å². The molecule has 1 aliphatic carbocycles. The van der Waals surface area contributed by atoms with Crippen molar-refractivity contribution in [2.24, 2.45) is 0 Å². The van der Waals surface area contributed by atoms with E-state index in [0.717, 1.165) is 42.5 Å². The molecular formula is C19H22ClN3O2S. The summed E-state index contributed by atoms with van der Waals surface area (Å²) in [6.45, 7) is 1.08. The number of halogens is 1. The number of aromatic nitrogens is 1. The van der Waals surface area contributed by atoms with E-state index in [4.69, 9.17) is 11.6 Å². The molecule has 0 radical (unpaired) electrons. The van der Waals surface area contributed by atoms with Crippen molar-refractivity contribution < 1.29 is 9.59 Å². The Morgan fingerprint density at radius 1 is 1.19 bits per heavy atom. The number of amides is 2. The number of nitrogens with one attached hydrogen (secondary N) is 2. The van der Waals surface area contributed by atoms with Crippen molar-refractivity contribution in [2.75, 3.05) is 12.4 Å². The molecule has 2 N–H and O–H groups in total. The van der Waals surface area contributed by atoms with Gasteiger partial charge in [-0.05, 0) is 36.8 Å². The summed E-state index contributed by atoms with van der Waals surface area (Å²) in [7, 11) is 0. The van der Waals surface area contributed by atoms with Gasteiger partial charge in [-0.3, -0.25) is 9.59 Å². The molecule has 0 bridgehead atoms. The number of carbonyl (C=O) groups excluding carboxylic acids is 2. The van der Waals surface area contributed by atoms with Gasteiger partial charge in [0.05, 0.1) is 17.1 Å². The van der Waals surface area contributed by atoms with Crippen LogP contribution in [0.3, 0.4) is 0 Å². The molecule has 138 valence electrons. The highest BCUT2D eigenvalue weighted by atomic mass is 35.5. The third-order valence-electron chi connectivity index (χ3n) is 4.56. The summed E-state index contributed by atoms with van der Waals surface area (Å²) in [6, 6.07) is 8.06. The maximum absolute atomic E-state index is 12.5. The van der Waals surface area contributed by atoms with Gasteiger partial charge in [-0.1, -0.05) is 24.3 Å². The standard InChI is InChI=1S/C19H22ClN3O2S/c20-10-17(24)21-9-8-13-4-6-14(7-5-13)11-22-19(25)15-2-1-3-16-18(15)23-12-26-16/h4-7,12,15H,1-3,8-11H2,(H,21,24)(H,22,25). The quantitative estimate of drug-likeness (QED) is 0.713. The molecular weight excluding hydrogens is 370 g/mol. The highest BCUT2D eigenvalue weighted by Gasteiger charge is 2.28. The predicted octanol–water partition coefficient (Wildman–Crippen LogP) is 2.78. The van der Waals surface area contributed by atoms with Crippen molar-refractivity contribution in [1.29, 1.82) is 0 Å². The fourth-order valence-corrected chi connectivity index (χ4v) is 4.10. The van der Waals surface area contributed by atoms with Gasteiger partial charge in [0.15, 0.2) is 0 Å². The van der Waals surface area contributed by atoms with Crippen molar-refractivity contribution in [3.63, 3.8) is 0 Å². The number of rotatable bonds is 7. The fourth-order valence-electron chi connectivity index (χ4n) is 3.14. The molecule has 0 spiro atoms. The normalized spacial score (nSPS) is 16.0. The molecule has 2 aromatic rings. The van der Waals surface area contributed by atoms with Crippen LogP contribution in [0.4, 0.5) is 0 Å². The third-order valence-corrected chi connectivity index (χ3v) is 5.71. The van der Waals surface area contributed by atoms with Gasteiger partial charge in [0.25, 0.3) is 0 Å². The van der Waals surface area contributed by atoms with Crippen LogP contribution in [0.15, 0.2) is 29.8 Å². The van der Waals surface area contributed by atoms with Crippen LogP contribution < -0.4 is 10.6 Å². The number of alkyl halides is 1. The molecule has 0 saturated carbocycles. The van der Waals surface area contributed by atoms with Crippen molar-refractivity contribution in [2.45, 2.75) is 38.1 Å². The summed E-state index contributed by atoms with van der Waals surface area (Å²) in [5.41, 5.74) is 4.99. The van der Waals surface area contributed by atoms with Crippen LogP contribution in [0.1, 0.15) is 40.5 Å². The fraction of sp³-hybridized carbons (Fsp3) is 0.421. The van der Waals surface area contributed by atoms with Gasteiger partial charge in [0.1, 0.15) is 5.88 Å². The molecule has 26 heavy (non-hydrogen) atoms. The van der Waals surface area contributed by atoms with E-state index in [1.165, 1.54) is 4.88 Å². The summed E-state index contributed by atoms with van der Waals surface area (Å²) < 4.78 is 0. The second-order valence-corrected chi connectivity index (χ2v) is 7.58. The number of fused-ring (bicyclic) bond motifs is 1. The van der Waals surface area contributed by atoms with E-state index in [-0.39, 0.29) is 23.6 Å². The van der Waals surface area contributed by atoms with E-state index in [9.17, 15) is 9.59 Å². The summed E-state index contributed by atoms with van der Waals surface area (Å²) >= 11 is 7.09. The average molecular weight is 392 g/mol. The van der Waals surface area contributed by atoms with Gasteiger partial charge in [-0.2, -0.15) is 0 Å². The zero-order chi connectivity index (χ0) is 18.4. The third kappa shape index (κ3) is 4.83. The second-order valence-electron chi connectivity index (χ2n) is 6.37. The van der Waals surface area contributed by atoms with Gasteiger partial charge < -0.3 is 10.6 Å². The van der Waals surface area contributed by atoms with Crippen molar-refractivity contribution >= 4 is 34.8 Å². The van der Waals surface area contributed by atoms with Crippen LogP contribution in [-0.2, 0) is 29.0 Å². The number of aryl methyl sites for hydroxylation is 1. The van der Waals surface area contributed by atoms with Crippen molar-refractivity contribution in [3.05, 3.63) is 51.5 Å². The SMILES string of the molecule is O=C(CCl)NCCc1ccc(CNC(=O)C2CCCc3scnc32)cc1. The molecule has 1 heterocycles. The zero-order valence-electron chi connectivity index (χ0n) is 14.5. The number of benzene rings is 1. The first-order valence-electron chi connectivity index (χ1n) is 8.78. The molecule has 0 saturated heterocycles. The summed E-state index contributed by atoms with van der Waals surface area (Å²) in [5.74, 6) is -0.223. The Hall–Kier alpha value is -1.92. The summed E-state index contributed by atoms with van der Waals surface area (Å²) in [6.07, 6.45) is 3.71. The van der Waals surface area contributed by atoms with E-state index < -0.39 is 0 Å². The molecule has 1 aromatic carbocycles. The molecule has 1 atom stereocenters. The molecule has 1 aromatic heterocycles. The Labute approximate surface area is 162 Å². The Morgan fingerprint density at radius 2 is 1.96 bits per heavy atom.